The highest BCUT2D eigenvalue weighted by atomic mass is 19.1. The van der Waals surface area contributed by atoms with Crippen molar-refractivity contribution in [2.24, 2.45) is 5.92 Å². The molecule has 32 heavy (non-hydrogen) atoms. The molecule has 0 saturated carbocycles. The number of amides is 1. The third-order valence-electron chi connectivity index (χ3n) is 6.07. The lowest BCUT2D eigenvalue weighted by atomic mass is 9.96. The van der Waals surface area contributed by atoms with E-state index in [-0.39, 0.29) is 11.7 Å². The van der Waals surface area contributed by atoms with Gasteiger partial charge in [-0.2, -0.15) is 0 Å². The van der Waals surface area contributed by atoms with Crippen molar-refractivity contribution in [1.82, 2.24) is 30.0 Å². The average Bonchev–Trinajstić information content (AvgIpc) is 3.32. The third-order valence-corrected chi connectivity index (χ3v) is 6.07. The summed E-state index contributed by atoms with van der Waals surface area (Å²) >= 11 is 0. The molecular formula is C24H29FN6O. The topological polar surface area (TPSA) is 67.2 Å². The number of aromatic nitrogens is 4. The zero-order chi connectivity index (χ0) is 22.3. The van der Waals surface area contributed by atoms with Gasteiger partial charge in [0.25, 0.3) is 5.91 Å². The van der Waals surface area contributed by atoms with E-state index in [1.807, 2.05) is 48.3 Å². The van der Waals surface area contributed by atoms with Gasteiger partial charge in [-0.1, -0.05) is 30.3 Å². The van der Waals surface area contributed by atoms with Crippen LogP contribution in [0.5, 0.6) is 0 Å². The number of hydrogen-bond donors (Lipinski definition) is 0. The van der Waals surface area contributed by atoms with E-state index in [1.165, 1.54) is 6.07 Å². The summed E-state index contributed by atoms with van der Waals surface area (Å²) < 4.78 is 15.5. The van der Waals surface area contributed by atoms with Crippen LogP contribution in [0.2, 0.25) is 0 Å². The van der Waals surface area contributed by atoms with Crippen molar-refractivity contribution in [3.05, 3.63) is 77.4 Å². The molecule has 2 heterocycles. The summed E-state index contributed by atoms with van der Waals surface area (Å²) in [6.45, 7) is 4.11. The highest BCUT2D eigenvalue weighted by molar-refractivity contribution is 5.94. The summed E-state index contributed by atoms with van der Waals surface area (Å²) in [6.07, 6.45) is 4.50. The maximum Gasteiger partial charge on any atom is 0.253 e. The van der Waals surface area contributed by atoms with Gasteiger partial charge in [-0.3, -0.25) is 4.79 Å². The Kier molecular flexibility index (Phi) is 7.21. The largest absolute Gasteiger partial charge is 0.341 e. The monoisotopic (exact) mass is 436 g/mol. The molecule has 3 aromatic rings. The van der Waals surface area contributed by atoms with Crippen molar-refractivity contribution in [3.8, 4) is 0 Å². The lowest BCUT2D eigenvalue weighted by Crippen LogP contribution is -2.42. The van der Waals surface area contributed by atoms with Crippen LogP contribution in [0.3, 0.4) is 0 Å². The highest BCUT2D eigenvalue weighted by Gasteiger charge is 2.23. The molecule has 0 unspecified atom stereocenters. The Morgan fingerprint density at radius 1 is 1.19 bits per heavy atom. The molecule has 0 radical (unpaired) electrons. The van der Waals surface area contributed by atoms with Gasteiger partial charge in [0.1, 0.15) is 12.1 Å². The average molecular weight is 437 g/mol. The van der Waals surface area contributed by atoms with Crippen molar-refractivity contribution in [2.75, 3.05) is 33.2 Å². The number of rotatable bonds is 8. The van der Waals surface area contributed by atoms with Crippen molar-refractivity contribution in [1.29, 1.82) is 0 Å². The van der Waals surface area contributed by atoms with E-state index >= 15 is 0 Å². The Hall–Kier alpha value is -3.13. The molecule has 1 atom stereocenters. The zero-order valence-electron chi connectivity index (χ0n) is 18.4. The predicted octanol–water partition coefficient (Wildman–Crippen LogP) is 2.89. The predicted molar refractivity (Wildman–Crippen MR) is 120 cm³/mol. The second-order valence-electron chi connectivity index (χ2n) is 8.54. The van der Waals surface area contributed by atoms with E-state index < -0.39 is 0 Å². The first kappa shape index (κ1) is 22.1. The number of likely N-dealkylation sites (tertiary alicyclic amines) is 1. The molecule has 0 N–H and O–H groups in total. The van der Waals surface area contributed by atoms with Crippen LogP contribution in [0, 0.1) is 11.7 Å². The molecule has 0 bridgehead atoms. The van der Waals surface area contributed by atoms with Crippen molar-refractivity contribution in [2.45, 2.75) is 25.8 Å². The van der Waals surface area contributed by atoms with E-state index in [4.69, 9.17) is 0 Å². The quantitative estimate of drug-likeness (QED) is 0.543. The minimum Gasteiger partial charge on any atom is -0.341 e. The molecule has 1 amide bonds. The maximum atomic E-state index is 13.9. The molecule has 168 valence electrons. The number of carbonyl (C=O) groups excluding carboxylic acids is 1. The first-order chi connectivity index (χ1) is 15.6. The smallest absolute Gasteiger partial charge is 0.253 e. The summed E-state index contributed by atoms with van der Waals surface area (Å²) in [4.78, 5) is 17.1. The van der Waals surface area contributed by atoms with Gasteiger partial charge in [-0.15, -0.1) is 5.10 Å². The molecule has 4 rings (SSSR count). The van der Waals surface area contributed by atoms with E-state index in [0.717, 1.165) is 50.1 Å². The standard InChI is InChI=1S/C24H29FN6O/c1-29(24(32)22-10-8-19(9-11-22)17-31-18-26-27-28-31)15-20-5-4-13-30(16-20)14-12-21-6-2-3-7-23(21)25/h2-3,6-11,18,20H,4-5,12-17H2,1H3/t20-/m1/s1. The Morgan fingerprint density at radius 2 is 2.00 bits per heavy atom. The van der Waals surface area contributed by atoms with Gasteiger partial charge < -0.3 is 9.80 Å². The summed E-state index contributed by atoms with van der Waals surface area (Å²) in [5.41, 5.74) is 2.49. The van der Waals surface area contributed by atoms with E-state index in [9.17, 15) is 9.18 Å². The molecule has 1 aliphatic heterocycles. The van der Waals surface area contributed by atoms with Crippen LogP contribution in [-0.2, 0) is 13.0 Å². The molecule has 0 aliphatic carbocycles. The Bertz CT molecular complexity index is 1010. The summed E-state index contributed by atoms with van der Waals surface area (Å²) in [5.74, 6) is 0.329. The fraction of sp³-hybridized carbons (Fsp3) is 0.417. The Morgan fingerprint density at radius 3 is 2.75 bits per heavy atom. The van der Waals surface area contributed by atoms with Crippen LogP contribution in [0.25, 0.3) is 0 Å². The molecule has 0 spiro atoms. The SMILES string of the molecule is CN(C[C@H]1CCCN(CCc2ccccc2F)C1)C(=O)c1ccc(Cn2cnnn2)cc1. The second kappa shape index (κ2) is 10.5. The van der Waals surface area contributed by atoms with E-state index in [0.29, 0.717) is 24.4 Å². The molecular weight excluding hydrogens is 407 g/mol. The molecule has 1 saturated heterocycles. The molecule has 7 nitrogen and oxygen atoms in total. The number of hydrogen-bond acceptors (Lipinski definition) is 5. The van der Waals surface area contributed by atoms with Gasteiger partial charge in [0.15, 0.2) is 0 Å². The maximum absolute atomic E-state index is 13.9. The lowest BCUT2D eigenvalue weighted by Gasteiger charge is -2.34. The van der Waals surface area contributed by atoms with Crippen LogP contribution in [0.4, 0.5) is 4.39 Å². The lowest BCUT2D eigenvalue weighted by molar-refractivity contribution is 0.0730. The van der Waals surface area contributed by atoms with Gasteiger partial charge in [0.2, 0.25) is 0 Å². The van der Waals surface area contributed by atoms with Crippen LogP contribution in [-0.4, -0.2) is 69.1 Å². The first-order valence-corrected chi connectivity index (χ1v) is 11.1. The highest BCUT2D eigenvalue weighted by Crippen LogP contribution is 2.19. The van der Waals surface area contributed by atoms with Crippen LogP contribution >= 0.6 is 0 Å². The van der Waals surface area contributed by atoms with Crippen molar-refractivity contribution in [3.63, 3.8) is 0 Å². The van der Waals surface area contributed by atoms with E-state index in [2.05, 4.69) is 20.4 Å². The number of halogens is 1. The van der Waals surface area contributed by atoms with E-state index in [1.54, 1.807) is 17.1 Å². The number of nitrogens with zero attached hydrogens (tertiary/aromatic N) is 6. The number of benzene rings is 2. The first-order valence-electron chi connectivity index (χ1n) is 11.1. The van der Waals surface area contributed by atoms with Crippen LogP contribution < -0.4 is 0 Å². The second-order valence-corrected chi connectivity index (χ2v) is 8.54. The Balaban J connectivity index is 1.27. The van der Waals surface area contributed by atoms with Crippen molar-refractivity contribution < 1.29 is 9.18 Å². The number of carbonyl (C=O) groups is 1. The minimum absolute atomic E-state index is 0.0300. The van der Waals surface area contributed by atoms with Gasteiger partial charge in [0.05, 0.1) is 6.54 Å². The van der Waals surface area contributed by atoms with Gasteiger partial charge in [-0.05, 0) is 71.5 Å². The van der Waals surface area contributed by atoms with Gasteiger partial charge in [-0.25, -0.2) is 9.07 Å². The zero-order valence-corrected chi connectivity index (χ0v) is 18.4. The third kappa shape index (κ3) is 5.76. The molecule has 8 heteroatoms. The van der Waals surface area contributed by atoms with Gasteiger partial charge in [0, 0.05) is 32.2 Å². The molecule has 1 aliphatic rings. The Labute approximate surface area is 187 Å². The minimum atomic E-state index is -0.129. The fourth-order valence-corrected chi connectivity index (χ4v) is 4.37. The molecule has 1 aromatic heterocycles. The van der Waals surface area contributed by atoms with Crippen LogP contribution in [0.15, 0.2) is 54.9 Å². The van der Waals surface area contributed by atoms with Crippen LogP contribution in [0.1, 0.15) is 34.3 Å². The normalized spacial score (nSPS) is 16.8. The summed E-state index contributed by atoms with van der Waals surface area (Å²) in [6, 6.07) is 14.6. The van der Waals surface area contributed by atoms with Crippen molar-refractivity contribution >= 4 is 5.91 Å². The summed E-state index contributed by atoms with van der Waals surface area (Å²) in [7, 11) is 1.87. The number of piperidine rings is 1. The fourth-order valence-electron chi connectivity index (χ4n) is 4.37. The number of tetrazole rings is 1. The summed E-state index contributed by atoms with van der Waals surface area (Å²) in [5, 5.41) is 11.1. The molecule has 1 fully saturated rings. The molecule has 2 aromatic carbocycles. The van der Waals surface area contributed by atoms with Gasteiger partial charge >= 0.3 is 0 Å².